The van der Waals surface area contributed by atoms with Crippen LogP contribution in [0.2, 0.25) is 0 Å². The highest BCUT2D eigenvalue weighted by atomic mass is 35.5. The Kier molecular flexibility index (Phi) is 3.43. The lowest BCUT2D eigenvalue weighted by atomic mass is 10.3. The average Bonchev–Trinajstić information content (AvgIpc) is 2.29. The number of halogens is 1. The maximum atomic E-state index is 5.72. The van der Waals surface area contributed by atoms with Crippen LogP contribution in [0.4, 0.5) is 0 Å². The Balaban J connectivity index is 3.03. The minimum absolute atomic E-state index is 0.187. The summed E-state index contributed by atoms with van der Waals surface area (Å²) in [6, 6.07) is 0. The number of terminal acetylenes is 1. The van der Waals surface area contributed by atoms with Crippen LogP contribution in [0.1, 0.15) is 6.42 Å². The van der Waals surface area contributed by atoms with Crippen LogP contribution in [0.5, 0.6) is 0 Å². The third-order valence-corrected chi connectivity index (χ3v) is 1.90. The molecule has 0 aromatic carbocycles. The lowest BCUT2D eigenvalue weighted by Crippen LogP contribution is -2.21. The fourth-order valence-electron chi connectivity index (χ4n) is 0.948. The molecule has 1 rings (SSSR count). The van der Waals surface area contributed by atoms with Crippen LogP contribution >= 0.6 is 11.6 Å². The van der Waals surface area contributed by atoms with E-state index in [4.69, 9.17) is 28.5 Å². The molecule has 0 radical (unpaired) electrons. The topological polar surface area (TPSA) is 59.6 Å². The maximum absolute atomic E-state index is 5.72. The first-order valence-corrected chi connectivity index (χ1v) is 4.23. The lowest BCUT2D eigenvalue weighted by Gasteiger charge is -2.09. The molecule has 14 heavy (non-hydrogen) atoms. The molecule has 0 unspecified atom stereocenters. The number of allylic oxidation sites excluding steroid dienone is 2. The molecule has 5 heteroatoms. The van der Waals surface area contributed by atoms with Crippen molar-refractivity contribution in [3.63, 3.8) is 0 Å². The van der Waals surface area contributed by atoms with E-state index in [2.05, 4.69) is 16.2 Å². The Labute approximate surface area is 87.5 Å². The van der Waals surface area contributed by atoms with Crippen LogP contribution in [-0.4, -0.2) is 13.3 Å². The molecule has 4 nitrogen and oxygen atoms in total. The Morgan fingerprint density at radius 1 is 1.79 bits per heavy atom. The molecule has 0 bridgehead atoms. The van der Waals surface area contributed by atoms with Gasteiger partial charge in [-0.1, -0.05) is 11.6 Å². The molecule has 1 heterocycles. The zero-order valence-corrected chi connectivity index (χ0v) is 8.43. The van der Waals surface area contributed by atoms with Crippen LogP contribution in [0.25, 0.3) is 0 Å². The van der Waals surface area contributed by atoms with E-state index >= 15 is 0 Å². The molecule has 0 aromatic heterocycles. The molecule has 3 N–H and O–H groups in total. The normalized spacial score (nSPS) is 16.1. The highest BCUT2D eigenvalue weighted by Crippen LogP contribution is 2.14. The molecule has 1 aliphatic rings. The molecule has 0 saturated heterocycles. The van der Waals surface area contributed by atoms with Crippen molar-refractivity contribution in [2.45, 2.75) is 6.42 Å². The average molecular weight is 212 g/mol. The second kappa shape index (κ2) is 4.58. The van der Waals surface area contributed by atoms with Crippen molar-refractivity contribution in [3.8, 4) is 12.3 Å². The summed E-state index contributed by atoms with van der Waals surface area (Å²) >= 11 is 5.72. The maximum Gasteiger partial charge on any atom is 0.169 e. The van der Waals surface area contributed by atoms with Gasteiger partial charge >= 0.3 is 0 Å². The molecule has 74 valence electrons. The minimum atomic E-state index is 0.187. The minimum Gasteiger partial charge on any atom is -0.493 e. The van der Waals surface area contributed by atoms with Gasteiger partial charge in [-0.15, -0.1) is 12.3 Å². The van der Waals surface area contributed by atoms with E-state index in [1.165, 1.54) is 13.3 Å². The molecule has 0 aliphatic carbocycles. The largest absolute Gasteiger partial charge is 0.493 e. The summed E-state index contributed by atoms with van der Waals surface area (Å²) in [4.78, 5) is 3.87. The van der Waals surface area contributed by atoms with Crippen molar-refractivity contribution in [3.05, 3.63) is 22.4 Å². The number of aliphatic imine (C=N–C) groups is 1. The highest BCUT2D eigenvalue weighted by molar-refractivity contribution is 6.30. The second-order valence-electron chi connectivity index (χ2n) is 2.52. The zero-order valence-electron chi connectivity index (χ0n) is 7.67. The molecule has 0 saturated carbocycles. The number of hydrogen-bond donors (Lipinski definition) is 2. The third kappa shape index (κ3) is 2.21. The van der Waals surface area contributed by atoms with Crippen molar-refractivity contribution in [1.82, 2.24) is 5.32 Å². The van der Waals surface area contributed by atoms with Crippen molar-refractivity contribution >= 4 is 17.8 Å². The van der Waals surface area contributed by atoms with Crippen molar-refractivity contribution in [2.75, 3.05) is 7.11 Å². The van der Waals surface area contributed by atoms with Crippen LogP contribution in [-0.2, 0) is 4.74 Å². The number of ether oxygens (including phenoxy) is 1. The molecule has 0 spiro atoms. The van der Waals surface area contributed by atoms with Gasteiger partial charge in [0.2, 0.25) is 0 Å². The van der Waals surface area contributed by atoms with Gasteiger partial charge in [-0.25, -0.2) is 4.99 Å². The molecular weight excluding hydrogens is 202 g/mol. The van der Waals surface area contributed by atoms with E-state index in [1.54, 1.807) is 0 Å². The summed E-state index contributed by atoms with van der Waals surface area (Å²) in [5.41, 5.74) is 6.25. The molecule has 0 atom stereocenters. The predicted molar refractivity (Wildman–Crippen MR) is 56.2 cm³/mol. The monoisotopic (exact) mass is 211 g/mol. The van der Waals surface area contributed by atoms with Gasteiger partial charge in [-0.3, -0.25) is 0 Å². The van der Waals surface area contributed by atoms with E-state index in [-0.39, 0.29) is 11.0 Å². The SMILES string of the molecule is C#CCC1=C(OC)C=NC(Cl)=C(N)N1. The van der Waals surface area contributed by atoms with Crippen molar-refractivity contribution in [2.24, 2.45) is 10.7 Å². The van der Waals surface area contributed by atoms with Gasteiger partial charge in [0.25, 0.3) is 0 Å². The van der Waals surface area contributed by atoms with Gasteiger partial charge in [0.15, 0.2) is 10.9 Å². The highest BCUT2D eigenvalue weighted by Gasteiger charge is 2.11. The van der Waals surface area contributed by atoms with Gasteiger partial charge in [0.1, 0.15) is 5.82 Å². The molecule has 1 aliphatic heterocycles. The van der Waals surface area contributed by atoms with Gasteiger partial charge in [-0.05, 0) is 0 Å². The summed E-state index contributed by atoms with van der Waals surface area (Å²) < 4.78 is 5.06. The van der Waals surface area contributed by atoms with Gasteiger partial charge in [0.05, 0.1) is 25.4 Å². The standard InChI is InChI=1S/C9H10ClN3O/c1-3-4-6-7(14-2)5-12-8(10)9(11)13-6/h1,5,13H,4,11H2,2H3. The van der Waals surface area contributed by atoms with E-state index < -0.39 is 0 Å². The number of nitrogens with one attached hydrogen (secondary N) is 1. The fourth-order valence-corrected chi connectivity index (χ4v) is 1.04. The molecule has 0 amide bonds. The van der Waals surface area contributed by atoms with Crippen LogP contribution in [0, 0.1) is 12.3 Å². The third-order valence-electron chi connectivity index (χ3n) is 1.60. The Morgan fingerprint density at radius 2 is 2.50 bits per heavy atom. The molecule has 0 fully saturated rings. The quantitative estimate of drug-likeness (QED) is 0.526. The number of nitrogens with zero attached hydrogens (tertiary/aromatic N) is 1. The first-order chi connectivity index (χ1) is 6.69. The van der Waals surface area contributed by atoms with Gasteiger partial charge in [0, 0.05) is 0 Å². The first-order valence-electron chi connectivity index (χ1n) is 3.86. The number of hydrogen-bond acceptors (Lipinski definition) is 4. The van der Waals surface area contributed by atoms with Gasteiger partial charge < -0.3 is 15.8 Å². The van der Waals surface area contributed by atoms with Crippen LogP contribution in [0.15, 0.2) is 27.4 Å². The van der Waals surface area contributed by atoms with Crippen molar-refractivity contribution in [1.29, 1.82) is 0 Å². The smallest absolute Gasteiger partial charge is 0.169 e. The Morgan fingerprint density at radius 3 is 3.07 bits per heavy atom. The van der Waals surface area contributed by atoms with E-state index in [0.29, 0.717) is 17.9 Å². The molecular formula is C9H10ClN3O. The van der Waals surface area contributed by atoms with Crippen LogP contribution in [0.3, 0.4) is 0 Å². The van der Waals surface area contributed by atoms with Crippen molar-refractivity contribution < 1.29 is 4.74 Å². The summed E-state index contributed by atoms with van der Waals surface area (Å²) in [5.74, 6) is 3.27. The predicted octanol–water partition coefficient (Wildman–Crippen LogP) is 0.866. The summed E-state index contributed by atoms with van der Waals surface area (Å²) in [6.07, 6.45) is 7.04. The Hall–Kier alpha value is -1.60. The zero-order chi connectivity index (χ0) is 10.6. The Bertz CT molecular complexity index is 363. The summed E-state index contributed by atoms with van der Waals surface area (Å²) in [5, 5.41) is 3.03. The fraction of sp³-hybridized carbons (Fsp3) is 0.222. The summed E-state index contributed by atoms with van der Waals surface area (Å²) in [6.45, 7) is 0. The number of methoxy groups -OCH3 is 1. The van der Waals surface area contributed by atoms with E-state index in [0.717, 1.165) is 0 Å². The first kappa shape index (κ1) is 10.5. The van der Waals surface area contributed by atoms with Gasteiger partial charge in [-0.2, -0.15) is 0 Å². The molecule has 0 aromatic rings. The lowest BCUT2D eigenvalue weighted by molar-refractivity contribution is 0.310. The van der Waals surface area contributed by atoms with Crippen LogP contribution < -0.4 is 11.1 Å². The van der Waals surface area contributed by atoms with E-state index in [1.807, 2.05) is 0 Å². The number of nitrogens with two attached hydrogens (primary N) is 1. The second-order valence-corrected chi connectivity index (χ2v) is 2.87. The van der Waals surface area contributed by atoms with E-state index in [9.17, 15) is 0 Å². The number of rotatable bonds is 2. The summed E-state index contributed by atoms with van der Waals surface area (Å²) in [7, 11) is 1.52.